The zero-order chi connectivity index (χ0) is 22.3. The van der Waals surface area contributed by atoms with E-state index in [1.807, 2.05) is 24.3 Å². The third-order valence-corrected chi connectivity index (χ3v) is 6.23. The lowest BCUT2D eigenvalue weighted by atomic mass is 10.1. The number of hydrogen-bond acceptors (Lipinski definition) is 5. The smallest absolute Gasteiger partial charge is 0.261 e. The molecule has 0 radical (unpaired) electrons. The van der Waals surface area contributed by atoms with Crippen LogP contribution in [0.1, 0.15) is 31.7 Å². The number of hydrogen-bond donors (Lipinski definition) is 1. The van der Waals surface area contributed by atoms with E-state index in [-0.39, 0.29) is 18.9 Å². The van der Waals surface area contributed by atoms with Gasteiger partial charge in [-0.2, -0.15) is 0 Å². The number of amides is 1. The van der Waals surface area contributed by atoms with Crippen molar-refractivity contribution in [1.82, 2.24) is 5.32 Å². The molecule has 1 amide bonds. The van der Waals surface area contributed by atoms with Crippen molar-refractivity contribution in [3.05, 3.63) is 54.1 Å². The van der Waals surface area contributed by atoms with Crippen molar-refractivity contribution >= 4 is 21.6 Å². The van der Waals surface area contributed by atoms with Crippen LogP contribution in [0.15, 0.2) is 48.5 Å². The summed E-state index contributed by atoms with van der Waals surface area (Å²) in [7, 11) is -3.46. The van der Waals surface area contributed by atoms with Crippen molar-refractivity contribution in [2.24, 2.45) is 0 Å². The Hall–Kier alpha value is -2.74. The van der Waals surface area contributed by atoms with E-state index in [1.54, 1.807) is 24.3 Å². The van der Waals surface area contributed by atoms with Gasteiger partial charge in [-0.05, 0) is 43.0 Å². The molecule has 1 aliphatic rings. The molecule has 1 heterocycles. The molecular formula is C23H30N2O5S. The summed E-state index contributed by atoms with van der Waals surface area (Å²) in [6.07, 6.45) is 3.19. The zero-order valence-electron chi connectivity index (χ0n) is 18.0. The van der Waals surface area contributed by atoms with Gasteiger partial charge in [0.25, 0.3) is 5.91 Å². The van der Waals surface area contributed by atoms with Gasteiger partial charge in [-0.15, -0.1) is 0 Å². The predicted molar refractivity (Wildman–Crippen MR) is 121 cm³/mol. The first-order valence-corrected chi connectivity index (χ1v) is 12.5. The van der Waals surface area contributed by atoms with Gasteiger partial charge in [0.05, 0.1) is 18.6 Å². The molecule has 0 saturated carbocycles. The Labute approximate surface area is 184 Å². The molecule has 3 rings (SSSR count). The number of fused-ring (bicyclic) bond motifs is 1. The minimum absolute atomic E-state index is 0.191. The van der Waals surface area contributed by atoms with Crippen molar-refractivity contribution in [2.75, 3.05) is 30.3 Å². The number of ether oxygens (including phenoxy) is 2. The van der Waals surface area contributed by atoms with Crippen LogP contribution in [-0.2, 0) is 21.2 Å². The van der Waals surface area contributed by atoms with Crippen molar-refractivity contribution in [3.8, 4) is 11.5 Å². The number of benzene rings is 2. The maximum Gasteiger partial charge on any atom is 0.261 e. The lowest BCUT2D eigenvalue weighted by Crippen LogP contribution is -2.40. The quantitative estimate of drug-likeness (QED) is 0.598. The van der Waals surface area contributed by atoms with Crippen LogP contribution < -0.4 is 19.1 Å². The van der Waals surface area contributed by atoms with Crippen LogP contribution in [0.4, 0.5) is 5.69 Å². The van der Waals surface area contributed by atoms with Gasteiger partial charge in [0.15, 0.2) is 6.10 Å². The van der Waals surface area contributed by atoms with Crippen LogP contribution in [0, 0.1) is 0 Å². The van der Waals surface area contributed by atoms with Crippen molar-refractivity contribution < 1.29 is 22.7 Å². The Bertz CT molecular complexity index is 993. The maximum atomic E-state index is 12.7. The molecule has 7 nitrogen and oxygen atoms in total. The topological polar surface area (TPSA) is 84.9 Å². The second kappa shape index (κ2) is 10.5. The van der Waals surface area contributed by atoms with Gasteiger partial charge in [0.2, 0.25) is 10.0 Å². The number of rotatable bonds is 9. The summed E-state index contributed by atoms with van der Waals surface area (Å²) in [5, 5.41) is 2.92. The summed E-state index contributed by atoms with van der Waals surface area (Å²) in [5.74, 6) is 1.05. The van der Waals surface area contributed by atoms with Crippen LogP contribution in [0.5, 0.6) is 11.5 Å². The largest absolute Gasteiger partial charge is 0.493 e. The molecular weight excluding hydrogens is 416 g/mol. The molecule has 1 atom stereocenters. The van der Waals surface area contributed by atoms with E-state index in [0.29, 0.717) is 24.6 Å². The SMILES string of the molecule is CCCOc1ccccc1CCCNC(=O)C1CCN(S(C)(=O)=O)c2ccccc2O1. The summed E-state index contributed by atoms with van der Waals surface area (Å²) in [5.41, 5.74) is 1.58. The minimum atomic E-state index is -3.46. The van der Waals surface area contributed by atoms with Crippen LogP contribution in [0.2, 0.25) is 0 Å². The van der Waals surface area contributed by atoms with E-state index >= 15 is 0 Å². The van der Waals surface area contributed by atoms with Gasteiger partial charge < -0.3 is 14.8 Å². The molecule has 1 unspecified atom stereocenters. The van der Waals surface area contributed by atoms with Crippen LogP contribution in [0.25, 0.3) is 0 Å². The van der Waals surface area contributed by atoms with E-state index in [4.69, 9.17) is 9.47 Å². The second-order valence-corrected chi connectivity index (χ2v) is 9.46. The van der Waals surface area contributed by atoms with E-state index in [9.17, 15) is 13.2 Å². The fourth-order valence-electron chi connectivity index (χ4n) is 3.53. The number of anilines is 1. The fourth-order valence-corrected chi connectivity index (χ4v) is 4.47. The number of para-hydroxylation sites is 3. The molecule has 0 saturated heterocycles. The van der Waals surface area contributed by atoms with E-state index in [0.717, 1.165) is 36.8 Å². The van der Waals surface area contributed by atoms with Crippen molar-refractivity contribution in [3.63, 3.8) is 0 Å². The summed E-state index contributed by atoms with van der Waals surface area (Å²) in [6, 6.07) is 14.8. The summed E-state index contributed by atoms with van der Waals surface area (Å²) in [6.45, 7) is 3.44. The Morgan fingerprint density at radius 1 is 1.19 bits per heavy atom. The number of aryl methyl sites for hydroxylation is 1. The summed E-state index contributed by atoms with van der Waals surface area (Å²) < 4.78 is 37.3. The monoisotopic (exact) mass is 446 g/mol. The van der Waals surface area contributed by atoms with Gasteiger partial charge in [0.1, 0.15) is 11.5 Å². The molecule has 0 bridgehead atoms. The molecule has 2 aromatic rings. The lowest BCUT2D eigenvalue weighted by molar-refractivity contribution is -0.128. The standard InChI is InChI=1S/C23H30N2O5S/c1-3-17-29-20-12-6-4-9-18(20)10-8-15-24-23(26)22-14-16-25(31(2,27)28)19-11-5-7-13-21(19)30-22/h4-7,9,11-13,22H,3,8,10,14-17H2,1-2H3,(H,24,26). The molecule has 1 N–H and O–H groups in total. The number of carbonyl (C=O) groups excluding carboxylic acids is 1. The third kappa shape index (κ3) is 6.13. The molecule has 31 heavy (non-hydrogen) atoms. The number of nitrogens with zero attached hydrogens (tertiary/aromatic N) is 1. The maximum absolute atomic E-state index is 12.7. The van der Waals surface area contributed by atoms with E-state index in [1.165, 1.54) is 4.31 Å². The van der Waals surface area contributed by atoms with Gasteiger partial charge >= 0.3 is 0 Å². The second-order valence-electron chi connectivity index (χ2n) is 7.55. The van der Waals surface area contributed by atoms with E-state index in [2.05, 4.69) is 12.2 Å². The highest BCUT2D eigenvalue weighted by Gasteiger charge is 2.30. The fraction of sp³-hybridized carbons (Fsp3) is 0.435. The average molecular weight is 447 g/mol. The Morgan fingerprint density at radius 3 is 2.71 bits per heavy atom. The number of carbonyl (C=O) groups is 1. The first-order valence-electron chi connectivity index (χ1n) is 10.6. The van der Waals surface area contributed by atoms with E-state index < -0.39 is 16.1 Å². The third-order valence-electron chi connectivity index (χ3n) is 5.05. The molecule has 0 aliphatic carbocycles. The summed E-state index contributed by atoms with van der Waals surface area (Å²) in [4.78, 5) is 12.7. The molecule has 8 heteroatoms. The Balaban J connectivity index is 1.56. The number of sulfonamides is 1. The Morgan fingerprint density at radius 2 is 1.94 bits per heavy atom. The molecule has 2 aromatic carbocycles. The van der Waals surface area contributed by atoms with Gasteiger partial charge in [-0.25, -0.2) is 8.42 Å². The first kappa shape index (κ1) is 22.9. The van der Waals surface area contributed by atoms with Crippen LogP contribution in [0.3, 0.4) is 0 Å². The molecule has 0 fully saturated rings. The van der Waals surface area contributed by atoms with Gasteiger partial charge in [0, 0.05) is 19.5 Å². The highest BCUT2D eigenvalue weighted by molar-refractivity contribution is 7.92. The Kier molecular flexibility index (Phi) is 7.79. The number of nitrogens with one attached hydrogen (secondary N) is 1. The van der Waals surface area contributed by atoms with Crippen molar-refractivity contribution in [2.45, 2.75) is 38.7 Å². The lowest BCUT2D eigenvalue weighted by Gasteiger charge is -2.20. The van der Waals surface area contributed by atoms with Gasteiger partial charge in [-0.1, -0.05) is 37.3 Å². The first-order chi connectivity index (χ1) is 14.9. The van der Waals surface area contributed by atoms with Gasteiger partial charge in [-0.3, -0.25) is 9.10 Å². The molecule has 1 aliphatic heterocycles. The van der Waals surface area contributed by atoms with Crippen LogP contribution >= 0.6 is 0 Å². The highest BCUT2D eigenvalue weighted by Crippen LogP contribution is 2.33. The van der Waals surface area contributed by atoms with Crippen molar-refractivity contribution in [1.29, 1.82) is 0 Å². The average Bonchev–Trinajstić information content (AvgIpc) is 2.95. The summed E-state index contributed by atoms with van der Waals surface area (Å²) >= 11 is 0. The molecule has 168 valence electrons. The highest BCUT2D eigenvalue weighted by atomic mass is 32.2. The zero-order valence-corrected chi connectivity index (χ0v) is 18.9. The van der Waals surface area contributed by atoms with Crippen LogP contribution in [-0.4, -0.2) is 46.4 Å². The minimum Gasteiger partial charge on any atom is -0.493 e. The predicted octanol–water partition coefficient (Wildman–Crippen LogP) is 3.14. The molecule has 0 spiro atoms. The molecule has 0 aromatic heterocycles. The normalized spacial score (nSPS) is 16.1.